The van der Waals surface area contributed by atoms with Crippen molar-refractivity contribution >= 4 is 10.9 Å². The number of benzene rings is 2. The first-order valence-corrected chi connectivity index (χ1v) is 7.95. The Morgan fingerprint density at radius 3 is 2.72 bits per heavy atom. The van der Waals surface area contributed by atoms with E-state index in [1.54, 1.807) is 6.33 Å². The zero-order valence-corrected chi connectivity index (χ0v) is 13.5. The topological polar surface area (TPSA) is 62.1 Å². The molecule has 0 N–H and O–H groups in total. The highest BCUT2D eigenvalue weighted by Crippen LogP contribution is 2.39. The first-order chi connectivity index (χ1) is 12.3. The molecule has 0 bridgehead atoms. The van der Waals surface area contributed by atoms with E-state index < -0.39 is 0 Å². The molecule has 0 amide bonds. The second kappa shape index (κ2) is 5.31. The van der Waals surface area contributed by atoms with Crippen LogP contribution in [0.15, 0.2) is 55.1 Å². The summed E-state index contributed by atoms with van der Waals surface area (Å²) in [6.07, 6.45) is 5.57. The summed E-state index contributed by atoms with van der Waals surface area (Å²) in [6.45, 7) is 2.18. The number of ether oxygens (including phenoxy) is 2. The van der Waals surface area contributed by atoms with Gasteiger partial charge in [-0.05, 0) is 19.1 Å². The molecule has 25 heavy (non-hydrogen) atoms. The van der Waals surface area contributed by atoms with Gasteiger partial charge in [0.25, 0.3) is 0 Å². The number of nitrogens with zero attached hydrogens (tertiary/aromatic N) is 4. The van der Waals surface area contributed by atoms with Crippen molar-refractivity contribution in [3.63, 3.8) is 0 Å². The van der Waals surface area contributed by atoms with E-state index in [0.717, 1.165) is 27.8 Å². The van der Waals surface area contributed by atoms with Crippen LogP contribution in [-0.2, 0) is 0 Å². The second-order valence-electron chi connectivity index (χ2n) is 5.90. The molecule has 3 heterocycles. The van der Waals surface area contributed by atoms with Gasteiger partial charge < -0.3 is 14.0 Å². The zero-order valence-electron chi connectivity index (χ0n) is 13.5. The van der Waals surface area contributed by atoms with E-state index in [4.69, 9.17) is 14.5 Å². The summed E-state index contributed by atoms with van der Waals surface area (Å²) in [4.78, 5) is 13.6. The molecule has 0 unspecified atom stereocenters. The van der Waals surface area contributed by atoms with Crippen LogP contribution in [0.3, 0.4) is 0 Å². The van der Waals surface area contributed by atoms with Crippen molar-refractivity contribution in [3.8, 4) is 28.6 Å². The molecule has 0 radical (unpaired) electrons. The molecular formula is C19H14N4O2. The Kier molecular flexibility index (Phi) is 2.97. The van der Waals surface area contributed by atoms with Gasteiger partial charge in [-0.15, -0.1) is 0 Å². The molecule has 2 aromatic heterocycles. The molecule has 6 heteroatoms. The Hall–Kier alpha value is -3.41. The van der Waals surface area contributed by atoms with Crippen LogP contribution in [0, 0.1) is 6.92 Å². The molecule has 0 saturated heterocycles. The normalized spacial score (nSPS) is 12.7. The van der Waals surface area contributed by atoms with Crippen LogP contribution in [0.2, 0.25) is 0 Å². The minimum absolute atomic E-state index is 0.222. The first kappa shape index (κ1) is 14.0. The number of aromatic nitrogens is 4. The fourth-order valence-electron chi connectivity index (χ4n) is 2.98. The number of hydrogen-bond donors (Lipinski definition) is 0. The van der Waals surface area contributed by atoms with Crippen LogP contribution < -0.4 is 9.47 Å². The molecule has 4 aromatic rings. The van der Waals surface area contributed by atoms with Gasteiger partial charge in [-0.25, -0.2) is 15.0 Å². The maximum absolute atomic E-state index is 5.54. The lowest BCUT2D eigenvalue weighted by atomic mass is 10.1. The molecule has 6 nitrogen and oxygen atoms in total. The van der Waals surface area contributed by atoms with Crippen LogP contribution in [0.5, 0.6) is 11.5 Å². The number of fused-ring (bicyclic) bond motifs is 2. The number of hydrogen-bond acceptors (Lipinski definition) is 5. The predicted octanol–water partition coefficient (Wildman–Crippen LogP) is 3.52. The highest BCUT2D eigenvalue weighted by molar-refractivity contribution is 5.81. The van der Waals surface area contributed by atoms with Crippen LogP contribution in [0.4, 0.5) is 0 Å². The maximum atomic E-state index is 5.54. The van der Waals surface area contributed by atoms with Crippen LogP contribution in [0.25, 0.3) is 28.0 Å². The third kappa shape index (κ3) is 2.30. The Labute approximate surface area is 143 Å². The minimum Gasteiger partial charge on any atom is -0.454 e. The largest absolute Gasteiger partial charge is 0.454 e. The number of rotatable bonds is 2. The molecule has 0 spiro atoms. The molecule has 0 atom stereocenters. The Morgan fingerprint density at radius 1 is 1.04 bits per heavy atom. The van der Waals surface area contributed by atoms with Crippen molar-refractivity contribution in [1.82, 2.24) is 19.5 Å². The van der Waals surface area contributed by atoms with E-state index in [2.05, 4.69) is 9.97 Å². The van der Waals surface area contributed by atoms with E-state index in [9.17, 15) is 0 Å². The molecule has 122 valence electrons. The van der Waals surface area contributed by atoms with Crippen molar-refractivity contribution in [3.05, 3.63) is 60.8 Å². The monoisotopic (exact) mass is 330 g/mol. The van der Waals surface area contributed by atoms with E-state index in [1.165, 1.54) is 0 Å². The van der Waals surface area contributed by atoms with Gasteiger partial charge in [0.15, 0.2) is 17.3 Å². The summed E-state index contributed by atoms with van der Waals surface area (Å²) in [5.74, 6) is 2.05. The number of imidazole rings is 1. The van der Waals surface area contributed by atoms with E-state index >= 15 is 0 Å². The second-order valence-corrected chi connectivity index (χ2v) is 5.90. The summed E-state index contributed by atoms with van der Waals surface area (Å²) in [6, 6.07) is 11.8. The molecule has 2 aromatic carbocycles. The fraction of sp³-hybridized carbons (Fsp3) is 0.105. The Morgan fingerprint density at radius 2 is 1.88 bits per heavy atom. The number of aryl methyl sites for hydroxylation is 1. The standard InChI is InChI=1S/C19H14N4O2/c1-12-9-23(10-21-12)16-7-18-17(24-11-25-18)6-14(16)19-20-8-13-4-2-3-5-15(13)22-19/h2-10H,11H2,1H3. The molecule has 0 fully saturated rings. The Bertz CT molecular complexity index is 1100. The molecule has 5 rings (SSSR count). The quantitative estimate of drug-likeness (QED) is 0.563. The lowest BCUT2D eigenvalue weighted by Crippen LogP contribution is -1.98. The van der Waals surface area contributed by atoms with Crippen molar-refractivity contribution < 1.29 is 9.47 Å². The van der Waals surface area contributed by atoms with Gasteiger partial charge in [-0.3, -0.25) is 0 Å². The van der Waals surface area contributed by atoms with Gasteiger partial charge in [0.2, 0.25) is 6.79 Å². The smallest absolute Gasteiger partial charge is 0.231 e. The lowest BCUT2D eigenvalue weighted by molar-refractivity contribution is 0.174. The van der Waals surface area contributed by atoms with Gasteiger partial charge in [0, 0.05) is 29.4 Å². The van der Waals surface area contributed by atoms with Gasteiger partial charge in [-0.1, -0.05) is 18.2 Å². The molecule has 0 aliphatic carbocycles. The van der Waals surface area contributed by atoms with E-state index in [-0.39, 0.29) is 6.79 Å². The summed E-state index contributed by atoms with van der Waals surface area (Å²) < 4.78 is 13.0. The van der Waals surface area contributed by atoms with Gasteiger partial charge in [0.05, 0.1) is 23.2 Å². The van der Waals surface area contributed by atoms with Gasteiger partial charge in [0.1, 0.15) is 0 Å². The lowest BCUT2D eigenvalue weighted by Gasteiger charge is -2.11. The fourth-order valence-corrected chi connectivity index (χ4v) is 2.98. The predicted molar refractivity (Wildman–Crippen MR) is 93.0 cm³/mol. The highest BCUT2D eigenvalue weighted by atomic mass is 16.7. The third-order valence-electron chi connectivity index (χ3n) is 4.21. The average molecular weight is 330 g/mol. The molecule has 1 aliphatic heterocycles. The van der Waals surface area contributed by atoms with E-state index in [0.29, 0.717) is 17.3 Å². The van der Waals surface area contributed by atoms with Crippen LogP contribution in [-0.4, -0.2) is 26.3 Å². The molecular weight excluding hydrogens is 316 g/mol. The number of para-hydroxylation sites is 1. The van der Waals surface area contributed by atoms with Crippen molar-refractivity contribution in [2.75, 3.05) is 6.79 Å². The Balaban J connectivity index is 1.75. The van der Waals surface area contributed by atoms with Gasteiger partial charge in [-0.2, -0.15) is 0 Å². The first-order valence-electron chi connectivity index (χ1n) is 7.95. The van der Waals surface area contributed by atoms with Gasteiger partial charge >= 0.3 is 0 Å². The van der Waals surface area contributed by atoms with Crippen molar-refractivity contribution in [2.45, 2.75) is 6.92 Å². The maximum Gasteiger partial charge on any atom is 0.231 e. The van der Waals surface area contributed by atoms with Crippen LogP contribution in [0.1, 0.15) is 5.69 Å². The zero-order chi connectivity index (χ0) is 16.8. The van der Waals surface area contributed by atoms with Crippen molar-refractivity contribution in [1.29, 1.82) is 0 Å². The summed E-state index contributed by atoms with van der Waals surface area (Å²) >= 11 is 0. The third-order valence-corrected chi connectivity index (χ3v) is 4.21. The summed E-state index contributed by atoms with van der Waals surface area (Å²) in [5.41, 5.74) is 3.61. The van der Waals surface area contributed by atoms with Crippen molar-refractivity contribution in [2.24, 2.45) is 0 Å². The van der Waals surface area contributed by atoms with Crippen LogP contribution >= 0.6 is 0 Å². The molecule has 1 aliphatic rings. The minimum atomic E-state index is 0.222. The highest BCUT2D eigenvalue weighted by Gasteiger charge is 2.20. The summed E-state index contributed by atoms with van der Waals surface area (Å²) in [5, 5.41) is 1.01. The summed E-state index contributed by atoms with van der Waals surface area (Å²) in [7, 11) is 0. The SMILES string of the molecule is Cc1cn(-c2cc3c(cc2-c2ncc4ccccc4n2)OCO3)cn1. The average Bonchev–Trinajstić information content (AvgIpc) is 3.28. The van der Waals surface area contributed by atoms with E-state index in [1.807, 2.05) is 60.3 Å². The molecule has 0 saturated carbocycles.